The zero-order chi connectivity index (χ0) is 71.1. The van der Waals surface area contributed by atoms with Gasteiger partial charge in [-0.05, 0) is 104 Å². The molecule has 93 heavy (non-hydrogen) atoms. The number of nitrogens with zero attached hydrogens (tertiary/aromatic N) is 4. The van der Waals surface area contributed by atoms with Crippen molar-refractivity contribution in [2.75, 3.05) is 26.3 Å². The third-order valence-electron chi connectivity index (χ3n) is 13.3. The molecular formula is C59H82Cl6N8O20. The van der Waals surface area contributed by atoms with E-state index in [1.54, 1.807) is 55.4 Å². The van der Waals surface area contributed by atoms with E-state index < -0.39 is 149 Å². The number of rotatable bonds is 21. The standard InChI is InChI=1S/C21H32Cl3N3O6.C16H12N2O7.C15H24Cl3N3O5.C6H10O2.CH4/c1-7-20(5,6)19(31)33-15(12(2)3)16(28)25-13(4)17(29)27-10-8-9-14(26-27)18(30)32-11-21(22,23)24;1-9-5-3-7-11(17(21)22)13(9)15(19)25-16(20)14-10(2)6-4-8-12(14)18(23)24;1-8(2)11(22)12(23)19-9(3)13(24)21-6-4-5-10(20-21)14(25)26-7-15(16,17)18;1-4-6(2,3)5(7)8;/h7,12-15,26H,1,8-11H2,2-6H3,(H,25,28);3-8H,1-2H3;8-11,20,22H,4-7H2,1-3H3,(H,19,23);4H,1H2,2-3H3,(H,7,8);1H4/t13-,14-,15-;;9-,10-,11-;;/m0.0../s1. The summed E-state index contributed by atoms with van der Waals surface area (Å²) in [6, 6.07) is 4.49. The number of nitro groups is 2. The molecule has 2 aromatic carbocycles. The van der Waals surface area contributed by atoms with Crippen LogP contribution < -0.4 is 21.5 Å². The first-order valence-corrected chi connectivity index (χ1v) is 30.4. The van der Waals surface area contributed by atoms with E-state index in [4.69, 9.17) is 88.9 Å². The first-order chi connectivity index (χ1) is 42.2. The number of alkyl halides is 6. The maximum absolute atomic E-state index is 12.9. The molecule has 2 aromatic rings. The van der Waals surface area contributed by atoms with Crippen LogP contribution in [0.2, 0.25) is 0 Å². The highest BCUT2D eigenvalue weighted by Crippen LogP contribution is 2.29. The number of aliphatic carboxylic acids is 1. The quantitative estimate of drug-likeness (QED) is 0.0129. The summed E-state index contributed by atoms with van der Waals surface area (Å²) in [5.41, 5.74) is 2.50. The number of amides is 4. The van der Waals surface area contributed by atoms with Gasteiger partial charge in [-0.3, -0.25) is 68.6 Å². The highest BCUT2D eigenvalue weighted by Gasteiger charge is 2.38. The Balaban J connectivity index is 0.00000129. The molecule has 0 radical (unpaired) electrons. The monoisotopic (exact) mass is 1430 g/mol. The lowest BCUT2D eigenvalue weighted by Crippen LogP contribution is -2.60. The molecular weight excluding hydrogens is 1350 g/mol. The molecule has 34 heteroatoms. The van der Waals surface area contributed by atoms with E-state index in [-0.39, 0.29) is 41.5 Å². The molecule has 4 rings (SSSR count). The van der Waals surface area contributed by atoms with E-state index in [1.807, 2.05) is 0 Å². The molecule has 6 atom stereocenters. The molecule has 520 valence electrons. The van der Waals surface area contributed by atoms with Gasteiger partial charge in [-0.25, -0.2) is 20.4 Å². The fourth-order valence-electron chi connectivity index (χ4n) is 7.48. The van der Waals surface area contributed by atoms with Crippen LogP contribution >= 0.6 is 69.6 Å². The lowest BCUT2D eigenvalue weighted by molar-refractivity contribution is -0.385. The van der Waals surface area contributed by atoms with Gasteiger partial charge >= 0.3 is 35.8 Å². The maximum atomic E-state index is 12.9. The van der Waals surface area contributed by atoms with Gasteiger partial charge in [-0.1, -0.05) is 141 Å². The average molecular weight is 1440 g/mol. The normalized spacial score (nSPS) is 16.1. The lowest BCUT2D eigenvalue weighted by Gasteiger charge is -2.34. The highest BCUT2D eigenvalue weighted by molar-refractivity contribution is 6.68. The Morgan fingerprint density at radius 1 is 0.656 bits per heavy atom. The fraction of sp³-hybridized carbons (Fsp3) is 0.559. The van der Waals surface area contributed by atoms with Gasteiger partial charge in [0, 0.05) is 25.2 Å². The molecule has 0 aliphatic carbocycles. The number of hydrogen-bond donors (Lipinski definition) is 6. The number of benzene rings is 2. The van der Waals surface area contributed by atoms with Gasteiger partial charge in [-0.2, -0.15) is 0 Å². The minimum atomic E-state index is -1.74. The maximum Gasteiger partial charge on any atom is 0.353 e. The molecule has 28 nitrogen and oxygen atoms in total. The number of ether oxygens (including phenoxy) is 4. The number of esters is 5. The van der Waals surface area contributed by atoms with Crippen LogP contribution in [-0.4, -0.2) is 160 Å². The number of halogens is 6. The number of nitrogens with one attached hydrogen (secondary N) is 4. The van der Waals surface area contributed by atoms with E-state index in [0.717, 1.165) is 12.1 Å². The van der Waals surface area contributed by atoms with Crippen LogP contribution in [0.1, 0.15) is 134 Å². The van der Waals surface area contributed by atoms with Crippen LogP contribution in [0.3, 0.4) is 0 Å². The van der Waals surface area contributed by atoms with Crippen molar-refractivity contribution in [2.24, 2.45) is 22.7 Å². The molecule has 2 heterocycles. The van der Waals surface area contributed by atoms with Gasteiger partial charge < -0.3 is 39.8 Å². The van der Waals surface area contributed by atoms with Crippen molar-refractivity contribution in [3.63, 3.8) is 0 Å². The predicted molar refractivity (Wildman–Crippen MR) is 347 cm³/mol. The van der Waals surface area contributed by atoms with Crippen LogP contribution in [0.25, 0.3) is 0 Å². The van der Waals surface area contributed by atoms with Crippen molar-refractivity contribution < 1.29 is 87.0 Å². The average Bonchev–Trinajstić information content (AvgIpc) is 0.858. The number of carboxylic acids is 1. The Morgan fingerprint density at radius 2 is 1.02 bits per heavy atom. The second kappa shape index (κ2) is 38.6. The number of hydrogen-bond acceptors (Lipinski definition) is 21. The van der Waals surface area contributed by atoms with Gasteiger partial charge in [-0.15, -0.1) is 13.2 Å². The van der Waals surface area contributed by atoms with Crippen molar-refractivity contribution in [1.82, 2.24) is 31.5 Å². The summed E-state index contributed by atoms with van der Waals surface area (Å²) in [5, 5.41) is 47.7. The summed E-state index contributed by atoms with van der Waals surface area (Å²) >= 11 is 33.4. The van der Waals surface area contributed by atoms with Crippen molar-refractivity contribution in [3.8, 4) is 0 Å². The first-order valence-electron chi connectivity index (χ1n) is 28.1. The third kappa shape index (κ3) is 28.8. The molecule has 4 amide bonds. The summed E-state index contributed by atoms with van der Waals surface area (Å²) < 4.78 is 16.5. The van der Waals surface area contributed by atoms with Crippen LogP contribution in [0.15, 0.2) is 61.7 Å². The molecule has 2 saturated heterocycles. The van der Waals surface area contributed by atoms with E-state index >= 15 is 0 Å². The van der Waals surface area contributed by atoms with E-state index in [2.05, 4.69) is 39.4 Å². The molecule has 0 spiro atoms. The Hall–Kier alpha value is -6.76. The summed E-state index contributed by atoms with van der Waals surface area (Å²) in [6.07, 6.45) is 2.51. The molecule has 2 fully saturated rings. The largest absolute Gasteiger partial charge is 0.481 e. The van der Waals surface area contributed by atoms with Gasteiger partial charge in [0.15, 0.2) is 6.10 Å². The number of aliphatic hydroxyl groups excluding tert-OH is 1. The van der Waals surface area contributed by atoms with Crippen LogP contribution in [0, 0.1) is 56.7 Å². The van der Waals surface area contributed by atoms with Crippen molar-refractivity contribution in [1.29, 1.82) is 0 Å². The Morgan fingerprint density at radius 3 is 1.32 bits per heavy atom. The Kier molecular flexibility index (Phi) is 35.8. The van der Waals surface area contributed by atoms with Gasteiger partial charge in [0.1, 0.15) is 54.6 Å². The summed E-state index contributed by atoms with van der Waals surface area (Å²) in [4.78, 5) is 142. The van der Waals surface area contributed by atoms with E-state index in [0.29, 0.717) is 38.8 Å². The van der Waals surface area contributed by atoms with Crippen molar-refractivity contribution >= 4 is 140 Å². The van der Waals surface area contributed by atoms with Crippen molar-refractivity contribution in [3.05, 3.63) is 104 Å². The van der Waals surface area contributed by atoms with Gasteiger partial charge in [0.25, 0.3) is 29.1 Å². The lowest BCUT2D eigenvalue weighted by atomic mass is 9.94. The van der Waals surface area contributed by atoms with Crippen LogP contribution in [0.5, 0.6) is 0 Å². The highest BCUT2D eigenvalue weighted by atomic mass is 35.6. The fourth-order valence-corrected chi connectivity index (χ4v) is 7.81. The molecule has 6 N–H and O–H groups in total. The van der Waals surface area contributed by atoms with Crippen molar-refractivity contribution in [2.45, 2.75) is 160 Å². The number of nitro benzene ring substituents is 2. The van der Waals surface area contributed by atoms with E-state index in [1.165, 1.54) is 74.1 Å². The smallest absolute Gasteiger partial charge is 0.353 e. The molecule has 0 aromatic heterocycles. The molecule has 0 saturated carbocycles. The Bertz CT molecular complexity index is 2960. The van der Waals surface area contributed by atoms with Gasteiger partial charge in [0.05, 0.1) is 20.7 Å². The summed E-state index contributed by atoms with van der Waals surface area (Å²) in [5.74, 6) is -7.97. The molecule has 2 aliphatic heterocycles. The minimum absolute atomic E-state index is 0. The molecule has 0 unspecified atom stereocenters. The number of carboxylic acid groups (broad SMARTS) is 1. The van der Waals surface area contributed by atoms with Gasteiger partial charge in [0.2, 0.25) is 13.5 Å². The van der Waals surface area contributed by atoms with Crippen LogP contribution in [-0.2, 0) is 57.3 Å². The number of aryl methyl sites for hydroxylation is 2. The summed E-state index contributed by atoms with van der Waals surface area (Å²) in [6.45, 7) is 26.0. The minimum Gasteiger partial charge on any atom is -0.481 e. The number of hydrazine groups is 2. The molecule has 0 bridgehead atoms. The number of carbonyl (C=O) groups excluding carboxylic acids is 9. The third-order valence-corrected chi connectivity index (χ3v) is 13.9. The first kappa shape index (κ1) is 86.2. The summed E-state index contributed by atoms with van der Waals surface area (Å²) in [7, 11) is 0. The van der Waals surface area contributed by atoms with Crippen LogP contribution in [0.4, 0.5) is 11.4 Å². The SMILES string of the molecule is C.C=CC(C)(C)C(=O)O.C=CC(C)(C)C(=O)O[C@H](C(=O)N[C@@H](C)C(=O)N1CCC[C@@H](C(=O)OCC(Cl)(Cl)Cl)N1)C(C)C.CC(C)[C@H](O)C(=O)N[C@@H](C)C(=O)N1CCC[C@@H](C(=O)OCC(Cl)(Cl)Cl)N1.Cc1cccc([N+](=O)[O-])c1C(=O)OC(=O)c1c(C)cccc1[N+](=O)[O-]. The molecule has 2 aliphatic rings. The number of aliphatic hydroxyl groups is 1. The zero-order valence-corrected chi connectivity index (χ0v) is 57.1. The van der Waals surface area contributed by atoms with E-state index in [9.17, 15) is 73.3 Å². The topological polar surface area (TPSA) is 389 Å². The Labute approximate surface area is 569 Å². The second-order valence-corrected chi connectivity index (χ2v) is 27.6. The predicted octanol–water partition coefficient (Wildman–Crippen LogP) is 8.63. The second-order valence-electron chi connectivity index (χ2n) is 22.6. The number of carbonyl (C=O) groups is 10. The zero-order valence-electron chi connectivity index (χ0n) is 52.6.